The van der Waals surface area contributed by atoms with Gasteiger partial charge in [0.15, 0.2) is 0 Å². The number of benzene rings is 1. The maximum absolute atomic E-state index is 12.5. The van der Waals surface area contributed by atoms with Crippen molar-refractivity contribution in [2.24, 2.45) is 11.1 Å². The number of carbonyl (C=O) groups is 3. The van der Waals surface area contributed by atoms with Gasteiger partial charge in [-0.1, -0.05) is 25.0 Å². The number of hydrogen-bond donors (Lipinski definition) is 3. The van der Waals surface area contributed by atoms with Crippen LogP contribution in [0.15, 0.2) is 29.2 Å². The van der Waals surface area contributed by atoms with E-state index in [1.165, 1.54) is 12.1 Å². The summed E-state index contributed by atoms with van der Waals surface area (Å²) in [4.78, 5) is 37.9. The van der Waals surface area contributed by atoms with Crippen molar-refractivity contribution in [3.63, 3.8) is 0 Å². The molecule has 4 amide bonds. The summed E-state index contributed by atoms with van der Waals surface area (Å²) in [6.45, 7) is -0.0124. The molecule has 1 aromatic rings. The van der Waals surface area contributed by atoms with Crippen molar-refractivity contribution in [3.05, 3.63) is 29.8 Å². The quantitative estimate of drug-likeness (QED) is 0.613. The van der Waals surface area contributed by atoms with Crippen LogP contribution in [0.5, 0.6) is 0 Å². The third-order valence-electron chi connectivity index (χ3n) is 5.19. The van der Waals surface area contributed by atoms with Gasteiger partial charge in [0.25, 0.3) is 0 Å². The molecule has 0 aromatic heterocycles. The Morgan fingerprint density at radius 2 is 1.86 bits per heavy atom. The largest absolute Gasteiger partial charge is 0.354 e. The molecule has 10 heteroatoms. The Hall–Kier alpha value is -2.46. The SMILES string of the molecule is NS(=O)(=O)c1ccc(CCNC(=O)CN2C(=O)NC3CCCCC3C2=O)cc1. The first-order valence-electron chi connectivity index (χ1n) is 9.26. The van der Waals surface area contributed by atoms with Crippen molar-refractivity contribution < 1.29 is 22.8 Å². The van der Waals surface area contributed by atoms with Crippen LogP contribution >= 0.6 is 0 Å². The molecule has 4 N–H and O–H groups in total. The fourth-order valence-electron chi connectivity index (χ4n) is 3.68. The first-order valence-corrected chi connectivity index (χ1v) is 10.8. The summed E-state index contributed by atoms with van der Waals surface area (Å²) in [5, 5.41) is 10.6. The fraction of sp³-hybridized carbons (Fsp3) is 0.500. The number of nitrogens with two attached hydrogens (primary N) is 1. The van der Waals surface area contributed by atoms with Crippen molar-refractivity contribution >= 4 is 27.9 Å². The Bertz CT molecular complexity index is 868. The van der Waals surface area contributed by atoms with E-state index >= 15 is 0 Å². The molecule has 0 radical (unpaired) electrons. The lowest BCUT2D eigenvalue weighted by Gasteiger charge is -2.39. The molecule has 2 aliphatic rings. The molecule has 1 saturated heterocycles. The lowest BCUT2D eigenvalue weighted by Crippen LogP contribution is -2.62. The second-order valence-electron chi connectivity index (χ2n) is 7.16. The zero-order chi connectivity index (χ0) is 20.3. The lowest BCUT2D eigenvalue weighted by atomic mass is 9.82. The monoisotopic (exact) mass is 408 g/mol. The molecule has 1 aromatic carbocycles. The maximum Gasteiger partial charge on any atom is 0.324 e. The zero-order valence-electron chi connectivity index (χ0n) is 15.4. The van der Waals surface area contributed by atoms with Crippen LogP contribution in [0, 0.1) is 5.92 Å². The molecule has 9 nitrogen and oxygen atoms in total. The number of imide groups is 1. The molecule has 1 heterocycles. The topological polar surface area (TPSA) is 139 Å². The van der Waals surface area contributed by atoms with Gasteiger partial charge in [0.1, 0.15) is 6.54 Å². The van der Waals surface area contributed by atoms with Crippen LogP contribution < -0.4 is 15.8 Å². The first-order chi connectivity index (χ1) is 13.3. The van der Waals surface area contributed by atoms with E-state index in [-0.39, 0.29) is 29.3 Å². The molecule has 1 aliphatic carbocycles. The van der Waals surface area contributed by atoms with Crippen LogP contribution in [0.1, 0.15) is 31.2 Å². The van der Waals surface area contributed by atoms with Gasteiger partial charge in [0.05, 0.1) is 10.8 Å². The highest BCUT2D eigenvalue weighted by molar-refractivity contribution is 7.89. The number of rotatable bonds is 6. The minimum absolute atomic E-state index is 0.0240. The molecule has 152 valence electrons. The van der Waals surface area contributed by atoms with Crippen LogP contribution in [0.2, 0.25) is 0 Å². The number of nitrogens with zero attached hydrogens (tertiary/aromatic N) is 1. The van der Waals surface area contributed by atoms with E-state index in [0.29, 0.717) is 13.0 Å². The van der Waals surface area contributed by atoms with Crippen molar-refractivity contribution in [1.82, 2.24) is 15.5 Å². The summed E-state index contributed by atoms with van der Waals surface area (Å²) in [7, 11) is -3.73. The predicted molar refractivity (Wildman–Crippen MR) is 101 cm³/mol. The molecule has 28 heavy (non-hydrogen) atoms. The number of sulfonamides is 1. The van der Waals surface area contributed by atoms with E-state index < -0.39 is 22.0 Å². The Morgan fingerprint density at radius 3 is 2.54 bits per heavy atom. The van der Waals surface area contributed by atoms with Gasteiger partial charge in [-0.3, -0.25) is 14.5 Å². The van der Waals surface area contributed by atoms with Gasteiger partial charge in [0, 0.05) is 12.6 Å². The number of fused-ring (bicyclic) bond motifs is 1. The van der Waals surface area contributed by atoms with Crippen LogP contribution in [-0.4, -0.2) is 50.3 Å². The van der Waals surface area contributed by atoms with Crippen molar-refractivity contribution in [2.75, 3.05) is 13.1 Å². The second kappa shape index (κ2) is 8.27. The molecule has 2 unspecified atom stereocenters. The average Bonchev–Trinajstić information content (AvgIpc) is 2.65. The van der Waals surface area contributed by atoms with Crippen molar-refractivity contribution in [1.29, 1.82) is 0 Å². The number of hydrogen-bond acceptors (Lipinski definition) is 5. The number of amides is 4. The van der Waals surface area contributed by atoms with E-state index in [4.69, 9.17) is 5.14 Å². The summed E-state index contributed by atoms with van der Waals surface area (Å²) in [6.07, 6.45) is 3.95. The van der Waals surface area contributed by atoms with Gasteiger partial charge in [0.2, 0.25) is 21.8 Å². The first kappa shape index (κ1) is 20.3. The van der Waals surface area contributed by atoms with Crippen LogP contribution in [0.4, 0.5) is 4.79 Å². The number of primary sulfonamides is 1. The fourth-order valence-corrected chi connectivity index (χ4v) is 4.19. The molecule has 0 spiro atoms. The summed E-state index contributed by atoms with van der Waals surface area (Å²) in [5.74, 6) is -0.933. The number of carbonyl (C=O) groups excluding carboxylic acids is 3. The highest BCUT2D eigenvalue weighted by Gasteiger charge is 2.42. The highest BCUT2D eigenvalue weighted by Crippen LogP contribution is 2.29. The van der Waals surface area contributed by atoms with Gasteiger partial charge >= 0.3 is 6.03 Å². The molecule has 0 bridgehead atoms. The predicted octanol–water partition coefficient (Wildman–Crippen LogP) is 0.103. The highest BCUT2D eigenvalue weighted by atomic mass is 32.2. The Labute approximate surface area is 163 Å². The Balaban J connectivity index is 1.49. The summed E-state index contributed by atoms with van der Waals surface area (Å²) < 4.78 is 22.5. The van der Waals surface area contributed by atoms with Crippen molar-refractivity contribution in [3.8, 4) is 0 Å². The molecule has 2 atom stereocenters. The molecule has 3 rings (SSSR count). The van der Waals surface area contributed by atoms with Gasteiger partial charge in [-0.2, -0.15) is 0 Å². The smallest absolute Gasteiger partial charge is 0.324 e. The summed E-state index contributed by atoms with van der Waals surface area (Å²) in [5.41, 5.74) is 0.824. The van der Waals surface area contributed by atoms with E-state index in [2.05, 4.69) is 10.6 Å². The lowest BCUT2D eigenvalue weighted by molar-refractivity contribution is -0.139. The maximum atomic E-state index is 12.5. The third-order valence-corrected chi connectivity index (χ3v) is 6.12. The van der Waals surface area contributed by atoms with Crippen LogP contribution in [0.25, 0.3) is 0 Å². The standard InChI is InChI=1S/C18H24N4O5S/c19-28(26,27)13-7-5-12(6-8-13)9-10-20-16(23)11-22-17(24)14-3-1-2-4-15(14)21-18(22)25/h5-8,14-15H,1-4,9-11H2,(H,20,23)(H,21,25)(H2,19,26,27). The summed E-state index contributed by atoms with van der Waals surface area (Å²) in [6, 6.07) is 5.43. The summed E-state index contributed by atoms with van der Waals surface area (Å²) >= 11 is 0. The van der Waals surface area contributed by atoms with Crippen molar-refractivity contribution in [2.45, 2.75) is 43.0 Å². The van der Waals surface area contributed by atoms with E-state index in [0.717, 1.165) is 36.1 Å². The van der Waals surface area contributed by atoms with Crippen LogP contribution in [-0.2, 0) is 26.0 Å². The van der Waals surface area contributed by atoms with E-state index in [9.17, 15) is 22.8 Å². The minimum atomic E-state index is -3.73. The number of nitrogens with one attached hydrogen (secondary N) is 2. The minimum Gasteiger partial charge on any atom is -0.354 e. The molecular weight excluding hydrogens is 384 g/mol. The zero-order valence-corrected chi connectivity index (χ0v) is 16.2. The van der Waals surface area contributed by atoms with Gasteiger partial charge in [-0.15, -0.1) is 0 Å². The molecule has 2 fully saturated rings. The second-order valence-corrected chi connectivity index (χ2v) is 8.72. The van der Waals surface area contributed by atoms with Gasteiger partial charge in [-0.05, 0) is 37.0 Å². The average molecular weight is 408 g/mol. The Kier molecular flexibility index (Phi) is 5.99. The number of urea groups is 1. The molecule has 1 aliphatic heterocycles. The van der Waals surface area contributed by atoms with E-state index in [1.807, 2.05) is 0 Å². The van der Waals surface area contributed by atoms with Gasteiger partial charge in [-0.25, -0.2) is 18.4 Å². The molecule has 1 saturated carbocycles. The third kappa shape index (κ3) is 4.68. The normalized spacial score (nSPS) is 22.4. The Morgan fingerprint density at radius 1 is 1.18 bits per heavy atom. The van der Waals surface area contributed by atoms with Crippen LogP contribution in [0.3, 0.4) is 0 Å². The van der Waals surface area contributed by atoms with Gasteiger partial charge < -0.3 is 10.6 Å². The van der Waals surface area contributed by atoms with E-state index in [1.54, 1.807) is 12.1 Å². The molecular formula is C18H24N4O5S.